The lowest BCUT2D eigenvalue weighted by atomic mass is 10.0. The molecule has 1 unspecified atom stereocenters. The molecule has 0 aromatic heterocycles. The summed E-state index contributed by atoms with van der Waals surface area (Å²) in [5.74, 6) is -5.28. The molecule has 2 amide bonds. The van der Waals surface area contributed by atoms with Gasteiger partial charge < -0.3 is 19.7 Å². The van der Waals surface area contributed by atoms with Gasteiger partial charge in [-0.3, -0.25) is 14.4 Å². The Morgan fingerprint density at radius 3 is 2.34 bits per heavy atom. The van der Waals surface area contributed by atoms with E-state index in [9.17, 15) is 36.3 Å². The average Bonchev–Trinajstić information content (AvgIpc) is 3.45. The number of quaternary nitrogens is 1. The summed E-state index contributed by atoms with van der Waals surface area (Å²) in [4.78, 5) is 49.9. The zero-order valence-electron chi connectivity index (χ0n) is 21.5. The maximum Gasteiger partial charge on any atom is 0.430 e. The quantitative estimate of drug-likeness (QED) is 0.550. The van der Waals surface area contributed by atoms with Crippen molar-refractivity contribution < 1.29 is 51.2 Å². The molecule has 0 bridgehead atoms. The highest BCUT2D eigenvalue weighted by molar-refractivity contribution is 6.36. The van der Waals surface area contributed by atoms with Gasteiger partial charge in [-0.15, -0.1) is 0 Å². The third-order valence-electron chi connectivity index (χ3n) is 7.08. The van der Waals surface area contributed by atoms with Gasteiger partial charge >= 0.3 is 6.18 Å². The van der Waals surface area contributed by atoms with Gasteiger partial charge in [0.15, 0.2) is 5.82 Å². The van der Waals surface area contributed by atoms with Crippen LogP contribution < -0.4 is 10.1 Å². The zero-order chi connectivity index (χ0) is 29.9. The van der Waals surface area contributed by atoms with E-state index in [0.29, 0.717) is 23.7 Å². The molecule has 3 aliphatic rings. The number of ketones is 1. The van der Waals surface area contributed by atoms with Crippen molar-refractivity contribution in [1.82, 2.24) is 9.80 Å². The molecule has 1 saturated carbocycles. The number of fused-ring (bicyclic) bond motifs is 1. The highest BCUT2D eigenvalue weighted by Crippen LogP contribution is 2.26. The SMILES string of the molecule is O=C([O-])C(F)(F)F.O=C1C=N[NH+](Cc2ccc(F)c(C(=O)N3CCN(C4CCCC4)C(=O)C3)c2)c2c(F)cccc21. The number of para-hydroxylation sites is 1. The first kappa shape index (κ1) is 29.8. The monoisotopic (exact) mass is 580 g/mol. The van der Waals surface area contributed by atoms with E-state index in [0.717, 1.165) is 31.9 Å². The predicted molar refractivity (Wildman–Crippen MR) is 131 cm³/mol. The van der Waals surface area contributed by atoms with E-state index >= 15 is 0 Å². The van der Waals surface area contributed by atoms with E-state index in [1.54, 1.807) is 0 Å². The molecule has 0 radical (unpaired) electrons. The first-order valence-corrected chi connectivity index (χ1v) is 12.7. The van der Waals surface area contributed by atoms with Crippen LogP contribution in [0.2, 0.25) is 0 Å². The Kier molecular flexibility index (Phi) is 8.80. The van der Waals surface area contributed by atoms with E-state index in [4.69, 9.17) is 9.90 Å². The summed E-state index contributed by atoms with van der Waals surface area (Å²) in [6, 6.07) is 8.63. The summed E-state index contributed by atoms with van der Waals surface area (Å²) in [6.07, 6.45) is 0.156. The summed E-state index contributed by atoms with van der Waals surface area (Å²) < 4.78 is 60.7. The molecule has 218 valence electrons. The molecule has 2 aromatic carbocycles. The molecule has 9 nitrogen and oxygen atoms in total. The molecule has 2 aliphatic heterocycles. The molecule has 1 atom stereocenters. The minimum atomic E-state index is -5.19. The summed E-state index contributed by atoms with van der Waals surface area (Å²) in [5, 5.41) is 13.2. The number of carbonyl (C=O) groups is 4. The molecule has 14 heteroatoms. The smallest absolute Gasteiger partial charge is 0.430 e. The number of halogens is 5. The Labute approximate surface area is 230 Å². The molecular weight excluding hydrogens is 555 g/mol. The van der Waals surface area contributed by atoms with E-state index in [2.05, 4.69) is 5.10 Å². The summed E-state index contributed by atoms with van der Waals surface area (Å²) >= 11 is 0. The lowest BCUT2D eigenvalue weighted by Crippen LogP contribution is -3.02. The van der Waals surface area contributed by atoms with Crippen molar-refractivity contribution in [2.75, 3.05) is 19.6 Å². The molecule has 2 aromatic rings. The van der Waals surface area contributed by atoms with Crippen LogP contribution in [0.25, 0.3) is 0 Å². The number of nitrogens with zero attached hydrogens (tertiary/aromatic N) is 3. The van der Waals surface area contributed by atoms with E-state index in [1.807, 2.05) is 4.90 Å². The average molecular weight is 581 g/mol. The van der Waals surface area contributed by atoms with Gasteiger partial charge in [0.2, 0.25) is 17.4 Å². The van der Waals surface area contributed by atoms with Crippen LogP contribution in [0.3, 0.4) is 0 Å². The standard InChI is InChI=1S/C25H24F2N4O3.C2HF3O2/c26-20-9-8-16(14-31-24-18(22(32)13-28-31)6-3-7-21(24)27)12-19(20)25(34)29-10-11-30(23(33)15-29)17-4-1-2-5-17;3-2(4,5)1(6)7/h3,6-9,12-13,17H,1-2,4-5,10-11,14-15H2;(H,6,7). The Morgan fingerprint density at radius 1 is 1.02 bits per heavy atom. The Hall–Kier alpha value is -4.20. The number of alkyl halides is 3. The van der Waals surface area contributed by atoms with Crippen molar-refractivity contribution in [2.24, 2.45) is 5.10 Å². The number of Topliss-reactive ketones (excluding diaryl/α,β-unsaturated/α-hetero) is 1. The third kappa shape index (κ3) is 6.76. The van der Waals surface area contributed by atoms with Crippen molar-refractivity contribution in [3.63, 3.8) is 0 Å². The maximum atomic E-state index is 14.6. The molecule has 1 aliphatic carbocycles. The number of aliphatic carboxylic acids is 1. The third-order valence-corrected chi connectivity index (χ3v) is 7.08. The van der Waals surface area contributed by atoms with Crippen molar-refractivity contribution in [2.45, 2.75) is 44.4 Å². The molecule has 41 heavy (non-hydrogen) atoms. The lowest BCUT2D eigenvalue weighted by Gasteiger charge is -2.37. The topological polar surface area (TPSA) is 115 Å². The molecule has 2 heterocycles. The van der Waals surface area contributed by atoms with Crippen molar-refractivity contribution in [3.8, 4) is 0 Å². The summed E-state index contributed by atoms with van der Waals surface area (Å²) in [7, 11) is 0. The van der Waals surface area contributed by atoms with Gasteiger partial charge in [-0.1, -0.05) is 30.1 Å². The lowest BCUT2D eigenvalue weighted by molar-refractivity contribution is -0.855. The summed E-state index contributed by atoms with van der Waals surface area (Å²) in [5.41, 5.74) is 0.768. The summed E-state index contributed by atoms with van der Waals surface area (Å²) in [6.45, 7) is 0.856. The fourth-order valence-electron chi connectivity index (χ4n) is 5.10. The molecule has 1 N–H and O–H groups in total. The van der Waals surface area contributed by atoms with Gasteiger partial charge in [0.25, 0.3) is 5.91 Å². The Balaban J connectivity index is 0.000000493. The van der Waals surface area contributed by atoms with Crippen molar-refractivity contribution >= 4 is 35.5 Å². The number of benzene rings is 2. The number of piperazine rings is 1. The molecular formula is C27H25F5N4O5. The molecule has 1 saturated heterocycles. The van der Waals surface area contributed by atoms with Crippen LogP contribution >= 0.6 is 0 Å². The molecule has 5 rings (SSSR count). The first-order valence-electron chi connectivity index (χ1n) is 12.7. The van der Waals surface area contributed by atoms with E-state index in [1.165, 1.54) is 41.3 Å². The second kappa shape index (κ2) is 12.1. The van der Waals surface area contributed by atoms with Gasteiger partial charge in [-0.25, -0.2) is 8.78 Å². The van der Waals surface area contributed by atoms with Gasteiger partial charge in [0.1, 0.15) is 31.1 Å². The normalized spacial score (nSPS) is 19.1. The second-order valence-electron chi connectivity index (χ2n) is 9.76. The minimum absolute atomic E-state index is 0.0681. The highest BCUT2D eigenvalue weighted by Gasteiger charge is 2.34. The number of hydrogen-bond donors (Lipinski definition) is 1. The first-order chi connectivity index (χ1) is 19.4. The largest absolute Gasteiger partial charge is 0.542 e. The number of hydrogen-bond acceptors (Lipinski definition) is 6. The van der Waals surface area contributed by atoms with E-state index < -0.39 is 29.7 Å². The Morgan fingerprint density at radius 2 is 1.71 bits per heavy atom. The van der Waals surface area contributed by atoms with Crippen molar-refractivity contribution in [3.05, 3.63) is 64.7 Å². The van der Waals surface area contributed by atoms with Crippen LogP contribution in [-0.2, 0) is 16.1 Å². The molecule has 0 spiro atoms. The molecule has 2 fully saturated rings. The van der Waals surface area contributed by atoms with Crippen LogP contribution in [0.1, 0.15) is 52.0 Å². The van der Waals surface area contributed by atoms with Crippen LogP contribution in [-0.4, -0.2) is 71.4 Å². The number of rotatable bonds is 4. The number of nitrogens with one attached hydrogen (secondary N) is 1. The van der Waals surface area contributed by atoms with Gasteiger partial charge in [-0.2, -0.15) is 18.2 Å². The van der Waals surface area contributed by atoms with E-state index in [-0.39, 0.29) is 47.6 Å². The maximum absolute atomic E-state index is 14.6. The number of amides is 2. The van der Waals surface area contributed by atoms with Gasteiger partial charge in [-0.05, 0) is 37.1 Å². The Bertz CT molecular complexity index is 1390. The van der Waals surface area contributed by atoms with Crippen LogP contribution in [0, 0.1) is 11.6 Å². The van der Waals surface area contributed by atoms with Gasteiger partial charge in [0.05, 0.1) is 11.1 Å². The second-order valence-corrected chi connectivity index (χ2v) is 9.76. The number of carboxylic acid groups (broad SMARTS) is 1. The number of carbonyl (C=O) groups excluding carboxylic acids is 4. The fourth-order valence-corrected chi connectivity index (χ4v) is 5.10. The van der Waals surface area contributed by atoms with Crippen LogP contribution in [0.4, 0.5) is 27.6 Å². The minimum Gasteiger partial charge on any atom is -0.542 e. The van der Waals surface area contributed by atoms with Crippen molar-refractivity contribution in [1.29, 1.82) is 0 Å². The zero-order valence-corrected chi connectivity index (χ0v) is 21.5. The number of carboxylic acids is 1. The van der Waals surface area contributed by atoms with Crippen LogP contribution in [0.15, 0.2) is 41.5 Å². The van der Waals surface area contributed by atoms with Crippen LogP contribution in [0.5, 0.6) is 0 Å². The highest BCUT2D eigenvalue weighted by atomic mass is 19.4. The predicted octanol–water partition coefficient (Wildman–Crippen LogP) is 1.39. The fraction of sp³-hybridized carbons (Fsp3) is 0.370. The van der Waals surface area contributed by atoms with Gasteiger partial charge in [0, 0.05) is 24.7 Å².